The molecule has 4 heterocycles. The second kappa shape index (κ2) is 5.39. The summed E-state index contributed by atoms with van der Waals surface area (Å²) >= 11 is 3.05. The highest BCUT2D eigenvalue weighted by atomic mass is 32.2. The van der Waals surface area contributed by atoms with E-state index in [2.05, 4.69) is 10.2 Å². The fraction of sp³-hybridized carbons (Fsp3) is 0.0667. The zero-order valence-corrected chi connectivity index (χ0v) is 14.1. The molecule has 1 unspecified atom stereocenters. The molecule has 0 radical (unpaired) electrons. The van der Waals surface area contributed by atoms with Gasteiger partial charge in [0.25, 0.3) is 0 Å². The smallest absolute Gasteiger partial charge is 0.403 e. The molecule has 8 nitrogen and oxygen atoms in total. The summed E-state index contributed by atoms with van der Waals surface area (Å²) in [5.74, 6) is 0.979. The van der Waals surface area contributed by atoms with Crippen molar-refractivity contribution in [3.8, 4) is 11.4 Å². The van der Waals surface area contributed by atoms with Gasteiger partial charge in [-0.25, -0.2) is 9.69 Å². The molecule has 0 amide bonds. The maximum Gasteiger partial charge on any atom is 0.433 e. The van der Waals surface area contributed by atoms with Crippen LogP contribution in [0, 0.1) is 10.1 Å². The van der Waals surface area contributed by atoms with Crippen molar-refractivity contribution in [3.05, 3.63) is 68.8 Å². The van der Waals surface area contributed by atoms with E-state index in [0.29, 0.717) is 5.76 Å². The van der Waals surface area contributed by atoms with Gasteiger partial charge in [0, 0.05) is 11.0 Å². The summed E-state index contributed by atoms with van der Waals surface area (Å²) in [4.78, 5) is 10.4. The number of rotatable bonds is 3. The van der Waals surface area contributed by atoms with Crippen molar-refractivity contribution >= 4 is 29.4 Å². The number of nitrogens with zero attached hydrogens (tertiary/aromatic N) is 5. The number of thioether (sulfide) groups is 2. The maximum atomic E-state index is 10.9. The van der Waals surface area contributed by atoms with Crippen molar-refractivity contribution in [2.24, 2.45) is 0 Å². The van der Waals surface area contributed by atoms with Crippen LogP contribution in [0.3, 0.4) is 0 Å². The number of nitro groups is 1. The number of benzene rings is 1. The van der Waals surface area contributed by atoms with E-state index in [1.165, 1.54) is 29.6 Å². The van der Waals surface area contributed by atoms with Crippen molar-refractivity contribution in [2.75, 3.05) is 5.01 Å². The van der Waals surface area contributed by atoms with Crippen LogP contribution in [0.2, 0.25) is 0 Å². The molecule has 3 aromatic rings. The lowest BCUT2D eigenvalue weighted by Crippen LogP contribution is -2.29. The first-order chi connectivity index (χ1) is 12.2. The molecule has 0 N–H and O–H groups in total. The molecule has 0 aliphatic carbocycles. The fourth-order valence-corrected chi connectivity index (χ4v) is 4.94. The van der Waals surface area contributed by atoms with Gasteiger partial charge in [0.2, 0.25) is 5.16 Å². The number of hydrogen-bond donors (Lipinski definition) is 0. The summed E-state index contributed by atoms with van der Waals surface area (Å²) in [5.41, 5.74) is 0.948. The molecule has 1 atom stereocenters. The number of furan rings is 1. The summed E-state index contributed by atoms with van der Waals surface area (Å²) in [5, 5.41) is 25.0. The van der Waals surface area contributed by atoms with E-state index in [1.54, 1.807) is 6.07 Å². The van der Waals surface area contributed by atoms with E-state index in [0.717, 1.165) is 21.6 Å². The first kappa shape index (κ1) is 14.6. The Balaban J connectivity index is 1.58. The zero-order valence-electron chi connectivity index (χ0n) is 12.5. The van der Waals surface area contributed by atoms with Crippen LogP contribution in [0.5, 0.6) is 0 Å². The standard InChI is InChI=1S/C15H9N5O3S2/c21-20(22)11-7-6-10(23-11)14-18-12(8-24-14)25-15-17-16-13(19(15)18)9-4-2-1-3-5-9/h1-8,14H. The van der Waals surface area contributed by atoms with Gasteiger partial charge in [-0.3, -0.25) is 10.1 Å². The van der Waals surface area contributed by atoms with Crippen LogP contribution in [0.15, 0.2) is 62.5 Å². The molecule has 2 aromatic heterocycles. The molecule has 10 heteroatoms. The van der Waals surface area contributed by atoms with Crippen LogP contribution < -0.4 is 5.01 Å². The van der Waals surface area contributed by atoms with Crippen LogP contribution in [0.25, 0.3) is 11.4 Å². The summed E-state index contributed by atoms with van der Waals surface area (Å²) < 4.78 is 7.35. The van der Waals surface area contributed by atoms with E-state index in [4.69, 9.17) is 4.42 Å². The molecule has 2 aliphatic heterocycles. The van der Waals surface area contributed by atoms with Gasteiger partial charge in [0.15, 0.2) is 11.2 Å². The fourth-order valence-electron chi connectivity index (χ4n) is 2.77. The highest BCUT2D eigenvalue weighted by Gasteiger charge is 2.41. The molecule has 2 aliphatic rings. The van der Waals surface area contributed by atoms with Crippen LogP contribution in [0.4, 0.5) is 5.88 Å². The summed E-state index contributed by atoms with van der Waals surface area (Å²) in [6, 6.07) is 12.8. The molecule has 0 spiro atoms. The van der Waals surface area contributed by atoms with Crippen LogP contribution in [0.1, 0.15) is 11.1 Å². The Labute approximate surface area is 149 Å². The number of fused-ring (bicyclic) bond motifs is 3. The van der Waals surface area contributed by atoms with Crippen molar-refractivity contribution < 1.29 is 9.34 Å². The molecule has 0 bridgehead atoms. The van der Waals surface area contributed by atoms with Crippen molar-refractivity contribution in [2.45, 2.75) is 10.5 Å². The third-order valence-corrected chi connectivity index (χ3v) is 5.99. The van der Waals surface area contributed by atoms with Gasteiger partial charge >= 0.3 is 5.88 Å². The Morgan fingerprint density at radius 2 is 2.00 bits per heavy atom. The quantitative estimate of drug-likeness (QED) is 0.508. The Morgan fingerprint density at radius 1 is 1.16 bits per heavy atom. The molecule has 124 valence electrons. The molecule has 1 aromatic carbocycles. The normalized spacial score (nSPS) is 18.2. The van der Waals surface area contributed by atoms with Gasteiger partial charge in [0.1, 0.15) is 15.7 Å². The molecule has 25 heavy (non-hydrogen) atoms. The Morgan fingerprint density at radius 3 is 2.76 bits per heavy atom. The van der Waals surface area contributed by atoms with Gasteiger partial charge in [-0.1, -0.05) is 42.1 Å². The van der Waals surface area contributed by atoms with Gasteiger partial charge in [-0.05, 0) is 17.8 Å². The minimum atomic E-state index is -0.532. The molecule has 5 rings (SSSR count). The monoisotopic (exact) mass is 371 g/mol. The van der Waals surface area contributed by atoms with Crippen molar-refractivity contribution in [1.29, 1.82) is 0 Å². The second-order valence-electron chi connectivity index (χ2n) is 5.31. The van der Waals surface area contributed by atoms with Crippen molar-refractivity contribution in [1.82, 2.24) is 14.9 Å². The van der Waals surface area contributed by atoms with Gasteiger partial charge in [0.05, 0.1) is 6.07 Å². The molecular formula is C15H9N5O3S2. The maximum absolute atomic E-state index is 10.9. The summed E-state index contributed by atoms with van der Waals surface area (Å²) in [6.07, 6.45) is 0. The third kappa shape index (κ3) is 2.18. The molecular weight excluding hydrogens is 362 g/mol. The first-order valence-electron chi connectivity index (χ1n) is 7.30. The lowest BCUT2D eigenvalue weighted by molar-refractivity contribution is -0.402. The van der Waals surface area contributed by atoms with Crippen LogP contribution in [-0.2, 0) is 0 Å². The topological polar surface area (TPSA) is 90.2 Å². The van der Waals surface area contributed by atoms with Gasteiger partial charge < -0.3 is 4.42 Å². The number of aromatic nitrogens is 3. The zero-order chi connectivity index (χ0) is 17.0. The first-order valence-corrected chi connectivity index (χ1v) is 9.06. The lowest BCUT2D eigenvalue weighted by atomic mass is 10.2. The predicted molar refractivity (Wildman–Crippen MR) is 93.3 cm³/mol. The summed E-state index contributed by atoms with van der Waals surface area (Å²) in [6.45, 7) is 0. The number of hydrogen-bond acceptors (Lipinski definition) is 8. The Kier molecular flexibility index (Phi) is 3.15. The van der Waals surface area contributed by atoms with E-state index in [1.807, 2.05) is 45.4 Å². The van der Waals surface area contributed by atoms with E-state index in [-0.39, 0.29) is 11.3 Å². The van der Waals surface area contributed by atoms with E-state index < -0.39 is 4.92 Å². The molecule has 0 saturated carbocycles. The average molecular weight is 371 g/mol. The van der Waals surface area contributed by atoms with E-state index in [9.17, 15) is 10.1 Å². The summed E-state index contributed by atoms with van der Waals surface area (Å²) in [7, 11) is 0. The highest BCUT2D eigenvalue weighted by Crippen LogP contribution is 2.52. The molecule has 0 fully saturated rings. The Bertz CT molecular complexity index is 1010. The minimum absolute atomic E-state index is 0.240. The average Bonchev–Trinajstić information content (AvgIpc) is 3.36. The SMILES string of the molecule is O=[N+]([O-])c1ccc(C2SC=C3Sc4nnc(-c5ccccc5)n4N32)o1. The third-order valence-electron chi connectivity index (χ3n) is 3.84. The van der Waals surface area contributed by atoms with E-state index >= 15 is 0 Å². The predicted octanol–water partition coefficient (Wildman–Crippen LogP) is 3.73. The van der Waals surface area contributed by atoms with Crippen molar-refractivity contribution in [3.63, 3.8) is 0 Å². The minimum Gasteiger partial charge on any atom is -0.403 e. The molecule has 0 saturated heterocycles. The Hall–Kier alpha value is -2.72. The largest absolute Gasteiger partial charge is 0.433 e. The highest BCUT2D eigenvalue weighted by molar-refractivity contribution is 8.07. The second-order valence-corrected chi connectivity index (χ2v) is 7.25. The van der Waals surface area contributed by atoms with Crippen LogP contribution >= 0.6 is 23.5 Å². The van der Waals surface area contributed by atoms with Crippen LogP contribution in [-0.4, -0.2) is 19.8 Å². The van der Waals surface area contributed by atoms with Gasteiger partial charge in [-0.2, -0.15) is 0 Å². The lowest BCUT2D eigenvalue weighted by Gasteiger charge is -2.23. The van der Waals surface area contributed by atoms with Gasteiger partial charge in [-0.15, -0.1) is 10.2 Å².